The van der Waals surface area contributed by atoms with E-state index >= 15 is 0 Å². The summed E-state index contributed by atoms with van der Waals surface area (Å²) in [6.45, 7) is 1.41. The van der Waals surface area contributed by atoms with Crippen LogP contribution in [-0.4, -0.2) is 44.9 Å². The number of nitrogens with one attached hydrogen (secondary N) is 1. The Kier molecular flexibility index (Phi) is 6.48. The number of fused-ring (bicyclic) bond motifs is 1. The van der Waals surface area contributed by atoms with Gasteiger partial charge in [-0.1, -0.05) is 23.4 Å². The molecular formula is C24H23ClN4O3S. The summed E-state index contributed by atoms with van der Waals surface area (Å²) in [5, 5.41) is 13.0. The van der Waals surface area contributed by atoms with Crippen molar-refractivity contribution >= 4 is 40.7 Å². The van der Waals surface area contributed by atoms with E-state index in [-0.39, 0.29) is 23.5 Å². The first kappa shape index (κ1) is 22.1. The van der Waals surface area contributed by atoms with Gasteiger partial charge in [-0.05, 0) is 67.3 Å². The smallest absolute Gasteiger partial charge is 0.224 e. The van der Waals surface area contributed by atoms with Crippen molar-refractivity contribution < 1.29 is 14.3 Å². The van der Waals surface area contributed by atoms with Crippen LogP contribution in [0.15, 0.2) is 47.6 Å². The lowest BCUT2D eigenvalue weighted by Gasteiger charge is -2.17. The van der Waals surface area contributed by atoms with Crippen molar-refractivity contribution in [3.8, 4) is 11.4 Å². The minimum absolute atomic E-state index is 0.0132. The van der Waals surface area contributed by atoms with Crippen molar-refractivity contribution in [2.24, 2.45) is 0 Å². The van der Waals surface area contributed by atoms with Crippen LogP contribution in [0.1, 0.15) is 35.2 Å². The number of nitrogens with zero attached hydrogens (tertiary/aromatic N) is 3. The van der Waals surface area contributed by atoms with Gasteiger partial charge in [0.2, 0.25) is 5.91 Å². The van der Waals surface area contributed by atoms with E-state index < -0.39 is 0 Å². The molecule has 9 heteroatoms. The molecule has 5 rings (SSSR count). The number of anilines is 1. The summed E-state index contributed by atoms with van der Waals surface area (Å²) in [7, 11) is 0. The van der Waals surface area contributed by atoms with Crippen molar-refractivity contribution in [3.63, 3.8) is 0 Å². The number of carbonyl (C=O) groups is 2. The Morgan fingerprint density at radius 1 is 1.18 bits per heavy atom. The fraction of sp³-hybridized carbons (Fsp3) is 0.333. The standard InChI is InChI=1S/C24H23ClN4O3S/c25-18-7-3-15(4-8-18)23-27-28-24(29(23)13-19-2-1-11-32-19)33-14-21(30)17-5-9-20-16(12-17)6-10-22(31)26-20/h3-5,7-9,12,19H,1-2,6,10-11,13-14H2,(H,26,31)/t19-/m1/s1. The molecule has 33 heavy (non-hydrogen) atoms. The highest BCUT2D eigenvalue weighted by Crippen LogP contribution is 2.29. The van der Waals surface area contributed by atoms with E-state index in [4.69, 9.17) is 16.3 Å². The Balaban J connectivity index is 1.35. The van der Waals surface area contributed by atoms with Crippen molar-refractivity contribution in [2.75, 3.05) is 17.7 Å². The first-order chi connectivity index (χ1) is 16.1. The van der Waals surface area contributed by atoms with Gasteiger partial charge in [0.15, 0.2) is 16.8 Å². The predicted octanol–water partition coefficient (Wildman–Crippen LogP) is 4.64. The number of rotatable bonds is 7. The number of carbonyl (C=O) groups excluding carboxylic acids is 2. The molecule has 1 aromatic heterocycles. The topological polar surface area (TPSA) is 86.1 Å². The molecule has 0 radical (unpaired) electrons. The number of aryl methyl sites for hydroxylation is 1. The van der Waals surface area contributed by atoms with Gasteiger partial charge >= 0.3 is 0 Å². The number of halogens is 1. The third-order valence-corrected chi connectivity index (χ3v) is 7.10. The molecule has 1 saturated heterocycles. The summed E-state index contributed by atoms with van der Waals surface area (Å²) in [6.07, 6.45) is 3.24. The van der Waals surface area contributed by atoms with Gasteiger partial charge < -0.3 is 10.1 Å². The number of hydrogen-bond donors (Lipinski definition) is 1. The molecule has 7 nitrogen and oxygen atoms in total. The summed E-state index contributed by atoms with van der Waals surface area (Å²) in [6, 6.07) is 13.0. The number of ether oxygens (including phenoxy) is 1. The molecule has 170 valence electrons. The summed E-state index contributed by atoms with van der Waals surface area (Å²) in [5.41, 5.74) is 3.34. The van der Waals surface area contributed by atoms with Gasteiger partial charge in [-0.2, -0.15) is 0 Å². The number of ketones is 1. The Labute approximate surface area is 200 Å². The Morgan fingerprint density at radius 2 is 2.03 bits per heavy atom. The van der Waals surface area contributed by atoms with Crippen LogP contribution in [0.4, 0.5) is 5.69 Å². The molecule has 1 amide bonds. The minimum atomic E-state index is 0.0132. The molecule has 2 aliphatic heterocycles. The third kappa shape index (κ3) is 4.98. The van der Waals surface area contributed by atoms with Crippen LogP contribution in [0, 0.1) is 0 Å². The molecule has 0 bridgehead atoms. The van der Waals surface area contributed by atoms with E-state index in [1.165, 1.54) is 11.8 Å². The molecule has 3 aromatic rings. The van der Waals surface area contributed by atoms with Crippen LogP contribution >= 0.6 is 23.4 Å². The number of benzene rings is 2. The number of aromatic nitrogens is 3. The van der Waals surface area contributed by atoms with Crippen molar-refractivity contribution in [2.45, 2.75) is 43.5 Å². The van der Waals surface area contributed by atoms with Gasteiger partial charge in [-0.15, -0.1) is 10.2 Å². The van der Waals surface area contributed by atoms with Gasteiger partial charge in [0.1, 0.15) is 0 Å². The predicted molar refractivity (Wildman–Crippen MR) is 128 cm³/mol. The molecule has 0 unspecified atom stereocenters. The van der Waals surface area contributed by atoms with Crippen molar-refractivity contribution in [3.05, 3.63) is 58.6 Å². The molecule has 1 N–H and O–H groups in total. The van der Waals surface area contributed by atoms with E-state index in [0.717, 1.165) is 42.1 Å². The maximum atomic E-state index is 12.9. The zero-order valence-corrected chi connectivity index (χ0v) is 19.5. The number of thioether (sulfide) groups is 1. The van der Waals surface area contributed by atoms with Crippen LogP contribution in [0.2, 0.25) is 5.02 Å². The highest BCUT2D eigenvalue weighted by molar-refractivity contribution is 7.99. The van der Waals surface area contributed by atoms with E-state index in [2.05, 4.69) is 15.5 Å². The summed E-state index contributed by atoms with van der Waals surface area (Å²) < 4.78 is 7.88. The maximum Gasteiger partial charge on any atom is 0.224 e. The lowest BCUT2D eigenvalue weighted by atomic mass is 9.99. The second-order valence-corrected chi connectivity index (χ2v) is 9.57. The van der Waals surface area contributed by atoms with Crippen LogP contribution in [-0.2, 0) is 22.5 Å². The fourth-order valence-corrected chi connectivity index (χ4v) is 5.10. The number of Topliss-reactive ketones (excluding diaryl/α,β-unsaturated/α-hetero) is 1. The zero-order chi connectivity index (χ0) is 22.8. The summed E-state index contributed by atoms with van der Waals surface area (Å²) in [4.78, 5) is 24.5. The lowest BCUT2D eigenvalue weighted by molar-refractivity contribution is -0.116. The zero-order valence-electron chi connectivity index (χ0n) is 17.9. The fourth-order valence-electron chi connectivity index (χ4n) is 4.13. The lowest BCUT2D eigenvalue weighted by Crippen LogP contribution is -2.19. The molecule has 1 atom stereocenters. The second kappa shape index (κ2) is 9.67. The monoisotopic (exact) mass is 482 g/mol. The molecule has 3 heterocycles. The van der Waals surface area contributed by atoms with Gasteiger partial charge in [0, 0.05) is 34.9 Å². The quantitative estimate of drug-likeness (QED) is 0.390. The summed E-state index contributed by atoms with van der Waals surface area (Å²) >= 11 is 7.43. The normalized spacial score (nSPS) is 17.6. The van der Waals surface area contributed by atoms with Crippen LogP contribution in [0.3, 0.4) is 0 Å². The van der Waals surface area contributed by atoms with E-state index in [9.17, 15) is 9.59 Å². The Hall–Kier alpha value is -2.68. The van der Waals surface area contributed by atoms with Gasteiger partial charge in [0.25, 0.3) is 0 Å². The Bertz CT molecular complexity index is 1190. The molecule has 2 aliphatic rings. The minimum Gasteiger partial charge on any atom is -0.376 e. The average molecular weight is 483 g/mol. The molecule has 0 aliphatic carbocycles. The van der Waals surface area contributed by atoms with E-state index in [0.29, 0.717) is 35.1 Å². The van der Waals surface area contributed by atoms with E-state index in [1.54, 1.807) is 6.07 Å². The third-order valence-electron chi connectivity index (χ3n) is 5.88. The first-order valence-corrected chi connectivity index (χ1v) is 12.3. The van der Waals surface area contributed by atoms with Crippen LogP contribution in [0.5, 0.6) is 0 Å². The largest absolute Gasteiger partial charge is 0.376 e. The summed E-state index contributed by atoms with van der Waals surface area (Å²) in [5.74, 6) is 1.01. The highest BCUT2D eigenvalue weighted by Gasteiger charge is 2.23. The van der Waals surface area contributed by atoms with E-state index in [1.807, 2.05) is 41.0 Å². The Morgan fingerprint density at radius 3 is 2.82 bits per heavy atom. The van der Waals surface area contributed by atoms with Gasteiger partial charge in [0.05, 0.1) is 18.4 Å². The molecular weight excluding hydrogens is 460 g/mol. The van der Waals surface area contributed by atoms with Gasteiger partial charge in [-0.25, -0.2) is 0 Å². The molecule has 0 saturated carbocycles. The van der Waals surface area contributed by atoms with Crippen LogP contribution < -0.4 is 5.32 Å². The van der Waals surface area contributed by atoms with Crippen LogP contribution in [0.25, 0.3) is 11.4 Å². The SMILES string of the molecule is O=C1CCc2cc(C(=O)CSc3nnc(-c4ccc(Cl)cc4)n3C[C@H]3CCCO3)ccc2N1. The molecule has 2 aromatic carbocycles. The molecule has 1 fully saturated rings. The maximum absolute atomic E-state index is 12.9. The second-order valence-electron chi connectivity index (χ2n) is 8.19. The average Bonchev–Trinajstić information content (AvgIpc) is 3.48. The van der Waals surface area contributed by atoms with Gasteiger partial charge in [-0.3, -0.25) is 14.2 Å². The van der Waals surface area contributed by atoms with Crippen molar-refractivity contribution in [1.29, 1.82) is 0 Å². The first-order valence-electron chi connectivity index (χ1n) is 11.0. The molecule has 0 spiro atoms. The highest BCUT2D eigenvalue weighted by atomic mass is 35.5. The number of amides is 1. The van der Waals surface area contributed by atoms with Crippen molar-refractivity contribution in [1.82, 2.24) is 14.8 Å². The number of hydrogen-bond acceptors (Lipinski definition) is 6.